The van der Waals surface area contributed by atoms with E-state index in [0.29, 0.717) is 5.56 Å². The summed E-state index contributed by atoms with van der Waals surface area (Å²) in [7, 11) is 0. The fraction of sp³-hybridized carbons (Fsp3) is 0.310. The van der Waals surface area contributed by atoms with E-state index in [1.807, 2.05) is 24.3 Å². The quantitative estimate of drug-likeness (QED) is 0.107. The minimum atomic E-state index is -1.60. The molecule has 10 N–H and O–H groups in total. The molecule has 0 aliphatic rings. The molecule has 4 atom stereocenters. The van der Waals surface area contributed by atoms with Crippen molar-refractivity contribution in [2.45, 2.75) is 56.3 Å². The molecule has 1 aromatic heterocycles. The summed E-state index contributed by atoms with van der Waals surface area (Å²) in [6, 6.07) is 10.7. The number of benzene rings is 2. The largest absolute Gasteiger partial charge is 0.481 e. The minimum Gasteiger partial charge on any atom is -0.481 e. The third-order valence-electron chi connectivity index (χ3n) is 6.67. The molecule has 0 spiro atoms. The Labute approximate surface area is 246 Å². The van der Waals surface area contributed by atoms with Gasteiger partial charge in [-0.3, -0.25) is 24.0 Å². The maximum Gasteiger partial charge on any atom is 0.326 e. The highest BCUT2D eigenvalue weighted by atomic mass is 16.4. The van der Waals surface area contributed by atoms with Gasteiger partial charge in [0.25, 0.3) is 0 Å². The number of aromatic amines is 1. The lowest BCUT2D eigenvalue weighted by atomic mass is 10.0. The number of aromatic nitrogens is 1. The molecule has 0 radical (unpaired) electrons. The van der Waals surface area contributed by atoms with E-state index in [1.165, 1.54) is 0 Å². The van der Waals surface area contributed by atoms with Crippen molar-refractivity contribution >= 4 is 46.5 Å². The molecule has 0 aliphatic heterocycles. The van der Waals surface area contributed by atoms with Crippen molar-refractivity contribution in [3.05, 3.63) is 71.9 Å². The number of carboxylic acids is 2. The molecule has 3 aromatic rings. The Balaban J connectivity index is 1.77. The van der Waals surface area contributed by atoms with E-state index in [1.54, 1.807) is 36.5 Å². The molecule has 0 fully saturated rings. The Morgan fingerprint density at radius 2 is 1.37 bits per heavy atom. The number of carbonyl (C=O) groups excluding carboxylic acids is 4. The molecule has 3 rings (SSSR count). The van der Waals surface area contributed by atoms with Gasteiger partial charge in [-0.25, -0.2) is 4.79 Å². The van der Waals surface area contributed by atoms with Gasteiger partial charge in [0.1, 0.15) is 18.1 Å². The van der Waals surface area contributed by atoms with Crippen LogP contribution in [-0.4, -0.2) is 74.9 Å². The van der Waals surface area contributed by atoms with Crippen molar-refractivity contribution in [2.75, 3.05) is 0 Å². The van der Waals surface area contributed by atoms with Crippen LogP contribution in [0.5, 0.6) is 0 Å². The molecule has 43 heavy (non-hydrogen) atoms. The van der Waals surface area contributed by atoms with E-state index < -0.39 is 79.0 Å². The standard InChI is InChI=1S/C29H34N6O8/c30-19(13-17-15-32-20-9-5-4-8-18(17)20)26(39)34-22(12-16-6-2-1-3-7-16)27(40)35-23(14-24(31)36)28(41)33-21(29(42)43)10-11-25(37)38/h1-9,15,19,21-23,32H,10-14,30H2,(H2,31,36)(H,33,41)(H,34,39)(H,35,40)(H,37,38)(H,42,43). The Morgan fingerprint density at radius 1 is 0.767 bits per heavy atom. The van der Waals surface area contributed by atoms with Gasteiger partial charge in [0, 0.05) is 29.9 Å². The Morgan fingerprint density at radius 3 is 2.02 bits per heavy atom. The molecule has 14 nitrogen and oxygen atoms in total. The van der Waals surface area contributed by atoms with Gasteiger partial charge in [-0.2, -0.15) is 0 Å². The lowest BCUT2D eigenvalue weighted by molar-refractivity contribution is -0.143. The fourth-order valence-corrected chi connectivity index (χ4v) is 4.45. The van der Waals surface area contributed by atoms with Crippen LogP contribution in [0.4, 0.5) is 0 Å². The Bertz CT molecular complexity index is 1470. The van der Waals surface area contributed by atoms with E-state index in [0.717, 1.165) is 16.5 Å². The zero-order valence-corrected chi connectivity index (χ0v) is 23.1. The molecule has 1 heterocycles. The predicted octanol–water partition coefficient (Wildman–Crippen LogP) is -0.440. The smallest absolute Gasteiger partial charge is 0.326 e. The topological polar surface area (TPSA) is 247 Å². The average Bonchev–Trinajstić information content (AvgIpc) is 3.36. The summed E-state index contributed by atoms with van der Waals surface area (Å²) in [4.78, 5) is 76.8. The average molecular weight is 595 g/mol. The van der Waals surface area contributed by atoms with Gasteiger partial charge in [0.2, 0.25) is 23.6 Å². The molecule has 0 saturated carbocycles. The number of aliphatic carboxylic acids is 2. The van der Waals surface area contributed by atoms with Gasteiger partial charge in [-0.05, 0) is 30.0 Å². The van der Waals surface area contributed by atoms with Crippen LogP contribution in [0.25, 0.3) is 10.9 Å². The van der Waals surface area contributed by atoms with E-state index in [9.17, 15) is 33.9 Å². The number of primary amides is 1. The molecule has 0 bridgehead atoms. The van der Waals surface area contributed by atoms with Crippen molar-refractivity contribution < 1.29 is 39.0 Å². The van der Waals surface area contributed by atoms with Crippen molar-refractivity contribution in [1.29, 1.82) is 0 Å². The zero-order chi connectivity index (χ0) is 31.5. The summed E-state index contributed by atoms with van der Waals surface area (Å²) < 4.78 is 0. The van der Waals surface area contributed by atoms with E-state index >= 15 is 0 Å². The van der Waals surface area contributed by atoms with Crippen LogP contribution in [0, 0.1) is 0 Å². The number of rotatable bonds is 16. The van der Waals surface area contributed by atoms with Crippen molar-refractivity contribution in [1.82, 2.24) is 20.9 Å². The number of hydrogen-bond acceptors (Lipinski definition) is 7. The first-order chi connectivity index (χ1) is 20.4. The second-order valence-electron chi connectivity index (χ2n) is 9.98. The molecule has 228 valence electrons. The summed E-state index contributed by atoms with van der Waals surface area (Å²) in [5.41, 5.74) is 13.8. The summed E-state index contributed by atoms with van der Waals surface area (Å²) in [5.74, 6) is -6.30. The van der Waals surface area contributed by atoms with Crippen LogP contribution in [0.1, 0.15) is 30.4 Å². The number of carboxylic acid groups (broad SMARTS) is 2. The highest BCUT2D eigenvalue weighted by Gasteiger charge is 2.31. The normalized spacial score (nSPS) is 13.7. The molecule has 0 aliphatic carbocycles. The van der Waals surface area contributed by atoms with Crippen LogP contribution in [0.15, 0.2) is 60.8 Å². The van der Waals surface area contributed by atoms with Crippen LogP contribution in [0.3, 0.4) is 0 Å². The Kier molecular flexibility index (Phi) is 11.3. The van der Waals surface area contributed by atoms with E-state index in [2.05, 4.69) is 20.9 Å². The van der Waals surface area contributed by atoms with Gasteiger partial charge < -0.3 is 42.6 Å². The lowest BCUT2D eigenvalue weighted by Crippen LogP contribution is -2.58. The van der Waals surface area contributed by atoms with Gasteiger partial charge >= 0.3 is 11.9 Å². The third kappa shape index (κ3) is 9.67. The van der Waals surface area contributed by atoms with Crippen molar-refractivity contribution in [3.63, 3.8) is 0 Å². The SMILES string of the molecule is NC(=O)CC(NC(=O)C(Cc1ccccc1)NC(=O)C(N)Cc1c[nH]c2ccccc12)C(=O)NC(CCC(=O)O)C(=O)O. The molecule has 0 saturated heterocycles. The molecular weight excluding hydrogens is 560 g/mol. The first-order valence-electron chi connectivity index (χ1n) is 13.4. The lowest BCUT2D eigenvalue weighted by Gasteiger charge is -2.25. The summed E-state index contributed by atoms with van der Waals surface area (Å²) >= 11 is 0. The van der Waals surface area contributed by atoms with E-state index in [-0.39, 0.29) is 12.8 Å². The minimum absolute atomic E-state index is 0.000504. The van der Waals surface area contributed by atoms with Gasteiger partial charge in [0.15, 0.2) is 0 Å². The number of carbonyl (C=O) groups is 6. The molecule has 14 heteroatoms. The zero-order valence-electron chi connectivity index (χ0n) is 23.1. The van der Waals surface area contributed by atoms with Gasteiger partial charge in [-0.1, -0.05) is 48.5 Å². The number of para-hydroxylation sites is 1. The summed E-state index contributed by atoms with van der Waals surface area (Å²) in [6.45, 7) is 0. The highest BCUT2D eigenvalue weighted by molar-refractivity contribution is 5.96. The number of nitrogens with one attached hydrogen (secondary N) is 4. The second-order valence-corrected chi connectivity index (χ2v) is 9.98. The number of hydrogen-bond donors (Lipinski definition) is 8. The van der Waals surface area contributed by atoms with Crippen LogP contribution in [-0.2, 0) is 41.6 Å². The Hall–Kier alpha value is -5.24. The van der Waals surface area contributed by atoms with Crippen LogP contribution < -0.4 is 27.4 Å². The third-order valence-corrected chi connectivity index (χ3v) is 6.67. The molecular formula is C29H34N6O8. The molecule has 4 amide bonds. The van der Waals surface area contributed by atoms with Crippen LogP contribution in [0.2, 0.25) is 0 Å². The maximum absolute atomic E-state index is 13.4. The maximum atomic E-state index is 13.4. The van der Waals surface area contributed by atoms with Crippen molar-refractivity contribution in [3.8, 4) is 0 Å². The summed E-state index contributed by atoms with van der Waals surface area (Å²) in [6.07, 6.45) is 0.242. The first kappa shape index (κ1) is 32.3. The number of amides is 4. The van der Waals surface area contributed by atoms with Gasteiger partial charge in [-0.15, -0.1) is 0 Å². The van der Waals surface area contributed by atoms with Crippen molar-refractivity contribution in [2.24, 2.45) is 11.5 Å². The highest BCUT2D eigenvalue weighted by Crippen LogP contribution is 2.19. The molecule has 4 unspecified atom stereocenters. The predicted molar refractivity (Wildman–Crippen MR) is 154 cm³/mol. The molecule has 2 aromatic carbocycles. The monoisotopic (exact) mass is 594 g/mol. The number of H-pyrrole nitrogens is 1. The summed E-state index contributed by atoms with van der Waals surface area (Å²) in [5, 5.41) is 26.3. The number of nitrogens with two attached hydrogens (primary N) is 2. The van der Waals surface area contributed by atoms with E-state index in [4.69, 9.17) is 16.6 Å². The second kappa shape index (κ2) is 15.1. The van der Waals surface area contributed by atoms with Gasteiger partial charge in [0.05, 0.1) is 12.5 Å². The first-order valence-corrected chi connectivity index (χ1v) is 13.4. The fourth-order valence-electron chi connectivity index (χ4n) is 4.45. The number of fused-ring (bicyclic) bond motifs is 1. The van der Waals surface area contributed by atoms with Crippen LogP contribution >= 0.6 is 0 Å².